The van der Waals surface area contributed by atoms with Gasteiger partial charge in [-0.05, 0) is 36.6 Å². The van der Waals surface area contributed by atoms with Crippen LogP contribution in [0.1, 0.15) is 32.9 Å². The van der Waals surface area contributed by atoms with Crippen molar-refractivity contribution in [1.82, 2.24) is 15.0 Å². The Balaban J connectivity index is 2.11. The molecule has 4 nitrogen and oxygen atoms in total. The lowest BCUT2D eigenvalue weighted by molar-refractivity contribution is 0.111. The maximum absolute atomic E-state index is 11.3. The molecular weight excluding hydrogens is 274 g/mol. The number of nitrogens with zero attached hydrogens (tertiary/aromatic N) is 3. The largest absolute Gasteiger partial charge is 0.296 e. The van der Waals surface area contributed by atoms with Crippen LogP contribution in [-0.2, 0) is 6.42 Å². The van der Waals surface area contributed by atoms with Gasteiger partial charge in [-0.25, -0.2) is 4.68 Å². The van der Waals surface area contributed by atoms with E-state index in [9.17, 15) is 4.79 Å². The van der Waals surface area contributed by atoms with Gasteiger partial charge in [0.25, 0.3) is 0 Å². The molecule has 0 atom stereocenters. The van der Waals surface area contributed by atoms with Gasteiger partial charge < -0.3 is 0 Å². The SMILES string of the molecule is Cc1ccc(C)c(-n2nnc(C=O)c2Cc2ccccc2)c1. The van der Waals surface area contributed by atoms with Crippen LogP contribution in [0.25, 0.3) is 5.69 Å². The average Bonchev–Trinajstić information content (AvgIpc) is 2.93. The third-order valence-corrected chi connectivity index (χ3v) is 3.71. The highest BCUT2D eigenvalue weighted by Crippen LogP contribution is 2.20. The molecule has 2 aromatic carbocycles. The van der Waals surface area contributed by atoms with E-state index in [4.69, 9.17) is 0 Å². The van der Waals surface area contributed by atoms with Crippen molar-refractivity contribution in [3.8, 4) is 5.69 Å². The molecular formula is C18H17N3O. The highest BCUT2D eigenvalue weighted by atomic mass is 16.1. The van der Waals surface area contributed by atoms with Crippen LogP contribution >= 0.6 is 0 Å². The number of carbonyl (C=O) groups is 1. The van der Waals surface area contributed by atoms with Crippen LogP contribution in [0.3, 0.4) is 0 Å². The molecule has 3 aromatic rings. The summed E-state index contributed by atoms with van der Waals surface area (Å²) in [5, 5.41) is 8.21. The highest BCUT2D eigenvalue weighted by molar-refractivity contribution is 5.74. The first-order valence-corrected chi connectivity index (χ1v) is 7.20. The number of rotatable bonds is 4. The van der Waals surface area contributed by atoms with Crippen LogP contribution in [0.15, 0.2) is 48.5 Å². The molecule has 110 valence electrons. The molecule has 0 N–H and O–H groups in total. The number of carbonyl (C=O) groups excluding carboxylic acids is 1. The van der Waals surface area contributed by atoms with E-state index >= 15 is 0 Å². The zero-order valence-electron chi connectivity index (χ0n) is 12.7. The normalized spacial score (nSPS) is 10.6. The van der Waals surface area contributed by atoms with Crippen LogP contribution in [0.4, 0.5) is 0 Å². The summed E-state index contributed by atoms with van der Waals surface area (Å²) >= 11 is 0. The van der Waals surface area contributed by atoms with E-state index in [1.165, 1.54) is 0 Å². The Morgan fingerprint density at radius 3 is 2.59 bits per heavy atom. The van der Waals surface area contributed by atoms with Crippen molar-refractivity contribution in [2.24, 2.45) is 0 Å². The smallest absolute Gasteiger partial charge is 0.172 e. The van der Waals surface area contributed by atoms with Crippen molar-refractivity contribution in [1.29, 1.82) is 0 Å². The number of hydrogen-bond acceptors (Lipinski definition) is 3. The van der Waals surface area contributed by atoms with Crippen LogP contribution < -0.4 is 0 Å². The molecule has 0 spiro atoms. The van der Waals surface area contributed by atoms with E-state index in [0.29, 0.717) is 12.1 Å². The predicted octanol–water partition coefficient (Wildman–Crippen LogP) is 3.29. The van der Waals surface area contributed by atoms with E-state index in [0.717, 1.165) is 34.4 Å². The topological polar surface area (TPSA) is 47.8 Å². The van der Waals surface area contributed by atoms with Crippen molar-refractivity contribution in [3.63, 3.8) is 0 Å². The minimum absolute atomic E-state index is 0.393. The quantitative estimate of drug-likeness (QED) is 0.693. The van der Waals surface area contributed by atoms with Gasteiger partial charge in [-0.15, -0.1) is 5.10 Å². The van der Waals surface area contributed by atoms with Crippen LogP contribution in [0.2, 0.25) is 0 Å². The molecule has 0 amide bonds. The summed E-state index contributed by atoms with van der Waals surface area (Å²) in [6, 6.07) is 16.2. The second kappa shape index (κ2) is 5.93. The summed E-state index contributed by atoms with van der Waals surface area (Å²) in [5.41, 5.74) is 5.54. The van der Waals surface area contributed by atoms with E-state index < -0.39 is 0 Å². The lowest BCUT2D eigenvalue weighted by atomic mass is 10.1. The van der Waals surface area contributed by atoms with Gasteiger partial charge in [0.2, 0.25) is 0 Å². The molecule has 0 aliphatic carbocycles. The first kappa shape index (κ1) is 14.2. The number of aldehydes is 1. The Bertz CT molecular complexity index is 806. The number of aryl methyl sites for hydroxylation is 2. The van der Waals surface area contributed by atoms with Gasteiger partial charge in [-0.1, -0.05) is 47.7 Å². The second-order valence-electron chi connectivity index (χ2n) is 5.40. The van der Waals surface area contributed by atoms with Gasteiger partial charge in [0, 0.05) is 6.42 Å². The van der Waals surface area contributed by atoms with Crippen molar-refractivity contribution in [2.45, 2.75) is 20.3 Å². The van der Waals surface area contributed by atoms with Gasteiger partial charge in [-0.3, -0.25) is 4.79 Å². The molecule has 22 heavy (non-hydrogen) atoms. The zero-order valence-corrected chi connectivity index (χ0v) is 12.7. The summed E-state index contributed by atoms with van der Waals surface area (Å²) < 4.78 is 1.78. The Morgan fingerprint density at radius 1 is 1.09 bits per heavy atom. The molecule has 3 rings (SSSR count). The van der Waals surface area contributed by atoms with Crippen molar-refractivity contribution >= 4 is 6.29 Å². The third kappa shape index (κ3) is 2.68. The fraction of sp³-hybridized carbons (Fsp3) is 0.167. The van der Waals surface area contributed by atoms with Gasteiger partial charge in [0.05, 0.1) is 11.4 Å². The van der Waals surface area contributed by atoms with Gasteiger partial charge in [-0.2, -0.15) is 0 Å². The van der Waals surface area contributed by atoms with Crippen molar-refractivity contribution in [3.05, 3.63) is 76.6 Å². The zero-order chi connectivity index (χ0) is 15.5. The molecule has 0 saturated carbocycles. The summed E-state index contributed by atoms with van der Waals surface area (Å²) in [6.45, 7) is 4.07. The maximum Gasteiger partial charge on any atom is 0.172 e. The Hall–Kier alpha value is -2.75. The number of hydrogen-bond donors (Lipinski definition) is 0. The molecule has 0 unspecified atom stereocenters. The maximum atomic E-state index is 11.3. The molecule has 0 radical (unpaired) electrons. The fourth-order valence-corrected chi connectivity index (χ4v) is 2.50. The summed E-state index contributed by atoms with van der Waals surface area (Å²) in [6.07, 6.45) is 1.39. The Labute approximate surface area is 129 Å². The van der Waals surface area contributed by atoms with E-state index in [2.05, 4.69) is 28.5 Å². The molecule has 0 aliphatic rings. The van der Waals surface area contributed by atoms with E-state index in [1.807, 2.05) is 44.2 Å². The summed E-state index contributed by atoms with van der Waals surface area (Å²) in [7, 11) is 0. The monoisotopic (exact) mass is 291 g/mol. The average molecular weight is 291 g/mol. The van der Waals surface area contributed by atoms with Crippen LogP contribution in [0.5, 0.6) is 0 Å². The Morgan fingerprint density at radius 2 is 1.86 bits per heavy atom. The minimum atomic E-state index is 0.393. The Kier molecular flexibility index (Phi) is 3.83. The van der Waals surface area contributed by atoms with Crippen LogP contribution in [0, 0.1) is 13.8 Å². The van der Waals surface area contributed by atoms with Gasteiger partial charge in [0.1, 0.15) is 5.69 Å². The molecule has 0 bridgehead atoms. The molecule has 1 aromatic heterocycles. The predicted molar refractivity (Wildman–Crippen MR) is 85.5 cm³/mol. The number of benzene rings is 2. The second-order valence-corrected chi connectivity index (χ2v) is 5.40. The van der Waals surface area contributed by atoms with Gasteiger partial charge >= 0.3 is 0 Å². The lowest BCUT2D eigenvalue weighted by Gasteiger charge is -2.10. The fourth-order valence-electron chi connectivity index (χ4n) is 2.50. The van der Waals surface area contributed by atoms with Crippen LogP contribution in [-0.4, -0.2) is 21.3 Å². The number of aromatic nitrogens is 3. The summed E-state index contributed by atoms with van der Waals surface area (Å²) in [4.78, 5) is 11.3. The molecule has 0 aliphatic heterocycles. The standard InChI is InChI=1S/C18H17N3O/c1-13-8-9-14(2)17(10-13)21-18(16(12-22)19-20-21)11-15-6-4-3-5-7-15/h3-10,12H,11H2,1-2H3. The summed E-state index contributed by atoms with van der Waals surface area (Å²) in [5.74, 6) is 0. The molecule has 4 heteroatoms. The van der Waals surface area contributed by atoms with Crippen molar-refractivity contribution in [2.75, 3.05) is 0 Å². The first-order chi connectivity index (χ1) is 10.7. The van der Waals surface area contributed by atoms with Gasteiger partial charge in [0.15, 0.2) is 6.29 Å². The van der Waals surface area contributed by atoms with Crippen molar-refractivity contribution < 1.29 is 4.79 Å². The minimum Gasteiger partial charge on any atom is -0.296 e. The van der Waals surface area contributed by atoms with E-state index in [-0.39, 0.29) is 0 Å². The molecule has 0 saturated heterocycles. The highest BCUT2D eigenvalue weighted by Gasteiger charge is 2.15. The first-order valence-electron chi connectivity index (χ1n) is 7.20. The third-order valence-electron chi connectivity index (χ3n) is 3.71. The lowest BCUT2D eigenvalue weighted by Crippen LogP contribution is -2.06. The molecule has 0 fully saturated rings. The van der Waals surface area contributed by atoms with E-state index in [1.54, 1.807) is 4.68 Å². The molecule has 1 heterocycles.